The second-order valence-electron chi connectivity index (χ2n) is 7.22. The topological polar surface area (TPSA) is 49.6 Å². The molecule has 3 aromatic heterocycles. The molecule has 0 saturated carbocycles. The lowest BCUT2D eigenvalue weighted by Gasteiger charge is -2.11. The summed E-state index contributed by atoms with van der Waals surface area (Å²) in [5.41, 5.74) is 2.66. The van der Waals surface area contributed by atoms with Gasteiger partial charge in [0, 0.05) is 17.0 Å². The van der Waals surface area contributed by atoms with Crippen molar-refractivity contribution in [2.45, 2.75) is 64.8 Å². The molecule has 5 heteroatoms. The van der Waals surface area contributed by atoms with Crippen LogP contribution in [0.5, 0.6) is 0 Å². The number of thiophene rings is 1. The minimum absolute atomic E-state index is 0.0265. The minimum Gasteiger partial charge on any atom is -0.305 e. The number of pyridine rings is 1. The second kappa shape index (κ2) is 7.31. The zero-order chi connectivity index (χ0) is 18.1. The van der Waals surface area contributed by atoms with E-state index in [4.69, 9.17) is 4.98 Å². The summed E-state index contributed by atoms with van der Waals surface area (Å²) in [4.78, 5) is 22.7. The number of aromatic amines is 1. The summed E-state index contributed by atoms with van der Waals surface area (Å²) in [7, 11) is 0. The number of aryl methyl sites for hydroxylation is 2. The number of aromatic nitrogens is 3. The summed E-state index contributed by atoms with van der Waals surface area (Å²) in [6, 6.07) is 4.39. The number of H-pyrrole nitrogens is 1. The summed E-state index contributed by atoms with van der Waals surface area (Å²) in [6.45, 7) is 5.07. The predicted molar refractivity (Wildman–Crippen MR) is 106 cm³/mol. The molecule has 0 aliphatic heterocycles. The highest BCUT2D eigenvalue weighted by Gasteiger charge is 2.20. The van der Waals surface area contributed by atoms with Gasteiger partial charge in [-0.15, -0.1) is 11.3 Å². The van der Waals surface area contributed by atoms with Gasteiger partial charge in [-0.1, -0.05) is 13.8 Å². The first-order valence-electron chi connectivity index (χ1n) is 9.72. The third-order valence-electron chi connectivity index (χ3n) is 5.58. The molecule has 0 unspecified atom stereocenters. The molecule has 0 saturated heterocycles. The number of fused-ring (bicyclic) bond motifs is 3. The van der Waals surface area contributed by atoms with E-state index in [9.17, 15) is 4.79 Å². The molecule has 0 amide bonds. The number of hydrogen-bond donors (Lipinski definition) is 1. The third-order valence-corrected chi connectivity index (χ3v) is 6.77. The van der Waals surface area contributed by atoms with E-state index in [-0.39, 0.29) is 5.56 Å². The van der Waals surface area contributed by atoms with Crippen LogP contribution in [0, 0.1) is 0 Å². The van der Waals surface area contributed by atoms with E-state index in [2.05, 4.69) is 47.9 Å². The lowest BCUT2D eigenvalue weighted by molar-refractivity contribution is -0.689. The van der Waals surface area contributed by atoms with Crippen LogP contribution < -0.4 is 10.1 Å². The van der Waals surface area contributed by atoms with E-state index in [1.165, 1.54) is 28.8 Å². The molecule has 4 nitrogen and oxygen atoms in total. The molecule has 26 heavy (non-hydrogen) atoms. The van der Waals surface area contributed by atoms with Crippen LogP contribution >= 0.6 is 11.3 Å². The SMILES string of the molecule is CCC(CC)c1cc[n+](Cc2nc3sc4c(c3c(=O)[nH]2)CCCC4)cc1. The highest BCUT2D eigenvalue weighted by atomic mass is 32.1. The summed E-state index contributed by atoms with van der Waals surface area (Å²) in [6.07, 6.45) is 11.0. The van der Waals surface area contributed by atoms with E-state index < -0.39 is 0 Å². The van der Waals surface area contributed by atoms with Crippen LogP contribution in [-0.4, -0.2) is 9.97 Å². The van der Waals surface area contributed by atoms with Crippen LogP contribution in [0.3, 0.4) is 0 Å². The van der Waals surface area contributed by atoms with Crippen molar-refractivity contribution >= 4 is 21.6 Å². The van der Waals surface area contributed by atoms with E-state index in [0.717, 1.165) is 41.7 Å². The number of nitrogens with one attached hydrogen (secondary N) is 1. The Morgan fingerprint density at radius 3 is 2.65 bits per heavy atom. The average Bonchev–Trinajstić information content (AvgIpc) is 3.03. The fourth-order valence-corrected chi connectivity index (χ4v) is 5.34. The number of hydrogen-bond acceptors (Lipinski definition) is 3. The molecule has 3 heterocycles. The molecular weight excluding hydrogens is 342 g/mol. The van der Waals surface area contributed by atoms with Gasteiger partial charge < -0.3 is 4.98 Å². The Kier molecular flexibility index (Phi) is 4.90. The van der Waals surface area contributed by atoms with E-state index in [1.54, 1.807) is 11.3 Å². The summed E-state index contributed by atoms with van der Waals surface area (Å²) in [5, 5.41) is 0.836. The molecule has 3 aromatic rings. The van der Waals surface area contributed by atoms with Gasteiger partial charge in [0.15, 0.2) is 18.2 Å². The van der Waals surface area contributed by atoms with Gasteiger partial charge in [-0.05, 0) is 55.6 Å². The van der Waals surface area contributed by atoms with Gasteiger partial charge >= 0.3 is 0 Å². The van der Waals surface area contributed by atoms with Crippen molar-refractivity contribution in [1.82, 2.24) is 9.97 Å². The van der Waals surface area contributed by atoms with Crippen LogP contribution in [-0.2, 0) is 19.4 Å². The Morgan fingerprint density at radius 2 is 1.92 bits per heavy atom. The number of nitrogens with zero attached hydrogens (tertiary/aromatic N) is 2. The van der Waals surface area contributed by atoms with Crippen molar-refractivity contribution in [3.8, 4) is 0 Å². The largest absolute Gasteiger partial charge is 0.305 e. The Morgan fingerprint density at radius 1 is 1.19 bits per heavy atom. The molecule has 136 valence electrons. The van der Waals surface area contributed by atoms with Crippen molar-refractivity contribution in [3.05, 3.63) is 56.7 Å². The van der Waals surface area contributed by atoms with E-state index in [1.807, 2.05) is 0 Å². The lowest BCUT2D eigenvalue weighted by atomic mass is 9.95. The first-order chi connectivity index (χ1) is 12.7. The van der Waals surface area contributed by atoms with Crippen LogP contribution in [0.1, 0.15) is 67.3 Å². The van der Waals surface area contributed by atoms with Crippen molar-refractivity contribution in [2.75, 3.05) is 0 Å². The predicted octanol–water partition coefficient (Wildman–Crippen LogP) is 4.10. The number of rotatable bonds is 5. The molecule has 0 spiro atoms. The first-order valence-corrected chi connectivity index (χ1v) is 10.5. The van der Waals surface area contributed by atoms with Gasteiger partial charge in [-0.2, -0.15) is 4.57 Å². The Labute approximate surface area is 157 Å². The molecule has 0 bridgehead atoms. The molecular formula is C21H26N3OS+. The first kappa shape index (κ1) is 17.4. The molecule has 0 fully saturated rings. The third kappa shape index (κ3) is 3.20. The fourth-order valence-electron chi connectivity index (χ4n) is 4.06. The Hall–Kier alpha value is -2.01. The molecule has 0 aromatic carbocycles. The van der Waals surface area contributed by atoms with Crippen molar-refractivity contribution in [3.63, 3.8) is 0 Å². The molecule has 1 N–H and O–H groups in total. The standard InChI is InChI=1S/C21H25N3OS/c1-3-14(4-2)15-9-11-24(12-10-15)13-18-22-20(25)19-16-7-5-6-8-17(16)26-21(19)23-18/h9-12,14H,3-8,13H2,1-2H3/p+1. The zero-order valence-electron chi connectivity index (χ0n) is 15.5. The van der Waals surface area contributed by atoms with Gasteiger partial charge in [0.25, 0.3) is 5.56 Å². The second-order valence-corrected chi connectivity index (χ2v) is 8.30. The maximum atomic E-state index is 12.6. The summed E-state index contributed by atoms with van der Waals surface area (Å²) >= 11 is 1.71. The van der Waals surface area contributed by atoms with Crippen molar-refractivity contribution < 1.29 is 4.57 Å². The molecule has 1 aliphatic carbocycles. The van der Waals surface area contributed by atoms with Crippen LogP contribution in [0.4, 0.5) is 0 Å². The smallest absolute Gasteiger partial charge is 0.260 e. The molecule has 0 atom stereocenters. The van der Waals surface area contributed by atoms with Gasteiger partial charge in [-0.25, -0.2) is 4.98 Å². The van der Waals surface area contributed by atoms with Crippen LogP contribution in [0.25, 0.3) is 10.2 Å². The normalized spacial score (nSPS) is 14.1. The zero-order valence-corrected chi connectivity index (χ0v) is 16.4. The summed E-state index contributed by atoms with van der Waals surface area (Å²) in [5.74, 6) is 1.36. The lowest BCUT2D eigenvalue weighted by Crippen LogP contribution is -2.35. The van der Waals surface area contributed by atoms with Gasteiger partial charge in [-0.3, -0.25) is 4.79 Å². The van der Waals surface area contributed by atoms with Crippen molar-refractivity contribution in [1.29, 1.82) is 0 Å². The Balaban J connectivity index is 1.62. The highest BCUT2D eigenvalue weighted by Crippen LogP contribution is 2.33. The van der Waals surface area contributed by atoms with Crippen LogP contribution in [0.2, 0.25) is 0 Å². The maximum absolute atomic E-state index is 12.6. The Bertz CT molecular complexity index is 967. The summed E-state index contributed by atoms with van der Waals surface area (Å²) < 4.78 is 2.09. The quantitative estimate of drug-likeness (QED) is 0.689. The van der Waals surface area contributed by atoms with E-state index >= 15 is 0 Å². The monoisotopic (exact) mass is 368 g/mol. The average molecular weight is 369 g/mol. The minimum atomic E-state index is 0.0265. The molecule has 1 aliphatic rings. The highest BCUT2D eigenvalue weighted by molar-refractivity contribution is 7.18. The van der Waals surface area contributed by atoms with Gasteiger partial charge in [0.2, 0.25) is 6.54 Å². The molecule has 4 rings (SSSR count). The molecule has 0 radical (unpaired) electrons. The fraction of sp³-hybridized carbons (Fsp3) is 0.476. The van der Waals surface area contributed by atoms with Crippen molar-refractivity contribution in [2.24, 2.45) is 0 Å². The van der Waals surface area contributed by atoms with E-state index in [0.29, 0.717) is 12.5 Å². The van der Waals surface area contributed by atoms with Gasteiger partial charge in [0.1, 0.15) is 4.83 Å². The van der Waals surface area contributed by atoms with Gasteiger partial charge in [0.05, 0.1) is 5.39 Å². The maximum Gasteiger partial charge on any atom is 0.260 e. The van der Waals surface area contributed by atoms with Crippen LogP contribution in [0.15, 0.2) is 29.3 Å².